The lowest BCUT2D eigenvalue weighted by Gasteiger charge is -2.09. The Morgan fingerprint density at radius 3 is 2.55 bits per heavy atom. The highest BCUT2D eigenvalue weighted by molar-refractivity contribution is 5.40. The average molecular weight is 155 g/mol. The second kappa shape index (κ2) is 7.45. The van der Waals surface area contributed by atoms with Crippen molar-refractivity contribution in [2.45, 2.75) is 20.3 Å². The summed E-state index contributed by atoms with van der Waals surface area (Å²) in [5, 5.41) is 0. The number of hydrogen-bond donors (Lipinski definition) is 0. The van der Waals surface area contributed by atoms with Gasteiger partial charge in [-0.1, -0.05) is 6.92 Å². The fourth-order valence-electron chi connectivity index (χ4n) is 0.725. The Labute approximate surface area is 68.8 Å². The maximum Gasteiger partial charge on any atom is 0.102 e. The highest BCUT2D eigenvalue weighted by atomic mass is 15.2. The average Bonchev–Trinajstić information content (AvgIpc) is 1.99. The van der Waals surface area contributed by atoms with Gasteiger partial charge in [0.05, 0.1) is 6.01 Å². The molecule has 0 aromatic heterocycles. The van der Waals surface area contributed by atoms with Gasteiger partial charge in [0.1, 0.15) is 6.67 Å². The molecule has 0 N–H and O–H groups in total. The molecule has 0 spiro atoms. The lowest BCUT2D eigenvalue weighted by molar-refractivity contribution is 0.347. The summed E-state index contributed by atoms with van der Waals surface area (Å²) < 4.78 is 0. The van der Waals surface area contributed by atoms with E-state index in [1.165, 1.54) is 0 Å². The Balaban J connectivity index is 3.43. The van der Waals surface area contributed by atoms with E-state index in [9.17, 15) is 0 Å². The maximum atomic E-state index is 3.99. The van der Waals surface area contributed by atoms with Crippen molar-refractivity contribution in [2.75, 3.05) is 26.8 Å². The summed E-state index contributed by atoms with van der Waals surface area (Å²) in [7, 11) is 2.04. The standard InChI is InChI=1S/C8H17N3/c1-4-6-11(3)8-10-7-9-5-2/h4-6,8H2,1-3H3. The number of aliphatic imine (C=N–C) groups is 2. The summed E-state index contributed by atoms with van der Waals surface area (Å²) >= 11 is 0. The molecule has 0 unspecified atom stereocenters. The van der Waals surface area contributed by atoms with Gasteiger partial charge in [-0.15, -0.1) is 0 Å². The molecule has 0 aliphatic rings. The highest BCUT2D eigenvalue weighted by Gasteiger charge is 1.90. The van der Waals surface area contributed by atoms with Gasteiger partial charge in [0, 0.05) is 6.54 Å². The van der Waals surface area contributed by atoms with Gasteiger partial charge in [-0.2, -0.15) is 0 Å². The van der Waals surface area contributed by atoms with Gasteiger partial charge in [0.25, 0.3) is 0 Å². The van der Waals surface area contributed by atoms with Crippen molar-refractivity contribution in [3.8, 4) is 0 Å². The van der Waals surface area contributed by atoms with E-state index >= 15 is 0 Å². The highest BCUT2D eigenvalue weighted by Crippen LogP contribution is 1.84. The van der Waals surface area contributed by atoms with Gasteiger partial charge in [-0.25, -0.2) is 9.98 Å². The van der Waals surface area contributed by atoms with Crippen LogP contribution in [-0.2, 0) is 0 Å². The lowest BCUT2D eigenvalue weighted by atomic mass is 10.5. The first-order valence-electron chi connectivity index (χ1n) is 4.07. The molecule has 0 aromatic rings. The van der Waals surface area contributed by atoms with Crippen LogP contribution >= 0.6 is 0 Å². The van der Waals surface area contributed by atoms with Crippen LogP contribution in [0.3, 0.4) is 0 Å². The van der Waals surface area contributed by atoms with E-state index in [4.69, 9.17) is 0 Å². The maximum absolute atomic E-state index is 3.99. The van der Waals surface area contributed by atoms with E-state index < -0.39 is 0 Å². The van der Waals surface area contributed by atoms with E-state index in [2.05, 4.69) is 27.8 Å². The van der Waals surface area contributed by atoms with Gasteiger partial charge < -0.3 is 0 Å². The van der Waals surface area contributed by atoms with Crippen LogP contribution in [0.2, 0.25) is 0 Å². The summed E-state index contributed by atoms with van der Waals surface area (Å²) in [6.07, 6.45) is 1.16. The minimum absolute atomic E-state index is 0.706. The van der Waals surface area contributed by atoms with Crippen molar-refractivity contribution >= 4 is 6.01 Å². The zero-order valence-corrected chi connectivity index (χ0v) is 7.67. The summed E-state index contributed by atoms with van der Waals surface area (Å²) in [4.78, 5) is 9.99. The number of nitrogens with zero attached hydrogens (tertiary/aromatic N) is 3. The topological polar surface area (TPSA) is 28.0 Å². The first-order valence-corrected chi connectivity index (χ1v) is 4.07. The van der Waals surface area contributed by atoms with E-state index in [1.54, 1.807) is 0 Å². The van der Waals surface area contributed by atoms with Crippen LogP contribution in [0.25, 0.3) is 0 Å². The molecule has 0 aliphatic carbocycles. The Kier molecular flexibility index (Phi) is 7.00. The zero-order chi connectivity index (χ0) is 8.53. The predicted molar refractivity (Wildman–Crippen MR) is 48.2 cm³/mol. The van der Waals surface area contributed by atoms with E-state index in [-0.39, 0.29) is 0 Å². The monoisotopic (exact) mass is 155 g/mol. The molecule has 0 atom stereocenters. The van der Waals surface area contributed by atoms with Crippen LogP contribution in [0.1, 0.15) is 20.3 Å². The number of hydrogen-bond acceptors (Lipinski definition) is 3. The van der Waals surface area contributed by atoms with E-state index in [1.807, 2.05) is 14.0 Å². The lowest BCUT2D eigenvalue weighted by Crippen LogP contribution is -2.18. The van der Waals surface area contributed by atoms with Crippen molar-refractivity contribution in [3.05, 3.63) is 0 Å². The fraction of sp³-hybridized carbons (Fsp3) is 0.875. The summed E-state index contributed by atoms with van der Waals surface area (Å²) in [5.41, 5.74) is 0. The summed E-state index contributed by atoms with van der Waals surface area (Å²) in [6.45, 7) is 6.67. The molecular formula is C8H17N3. The summed E-state index contributed by atoms with van der Waals surface area (Å²) in [6, 6.07) is 2.63. The predicted octanol–water partition coefficient (Wildman–Crippen LogP) is 1.48. The summed E-state index contributed by atoms with van der Waals surface area (Å²) in [5.74, 6) is 0. The third kappa shape index (κ3) is 7.23. The van der Waals surface area contributed by atoms with Crippen LogP contribution in [0, 0.1) is 0 Å². The van der Waals surface area contributed by atoms with Gasteiger partial charge >= 0.3 is 0 Å². The van der Waals surface area contributed by atoms with Crippen LogP contribution in [0.15, 0.2) is 9.98 Å². The molecule has 0 radical (unpaired) electrons. The van der Waals surface area contributed by atoms with Gasteiger partial charge in [-0.05, 0) is 26.9 Å². The molecule has 0 saturated carbocycles. The fourth-order valence-corrected chi connectivity index (χ4v) is 0.725. The molecule has 11 heavy (non-hydrogen) atoms. The van der Waals surface area contributed by atoms with E-state index in [0.717, 1.165) is 19.5 Å². The third-order valence-electron chi connectivity index (χ3n) is 1.22. The van der Waals surface area contributed by atoms with Crippen molar-refractivity contribution in [2.24, 2.45) is 9.98 Å². The Morgan fingerprint density at radius 2 is 2.00 bits per heavy atom. The molecule has 0 saturated heterocycles. The van der Waals surface area contributed by atoms with Crippen molar-refractivity contribution in [1.29, 1.82) is 0 Å². The third-order valence-corrected chi connectivity index (χ3v) is 1.22. The molecular weight excluding hydrogens is 138 g/mol. The molecule has 0 aromatic carbocycles. The molecule has 0 rings (SSSR count). The molecule has 0 fully saturated rings. The second-order valence-electron chi connectivity index (χ2n) is 2.45. The van der Waals surface area contributed by atoms with Crippen LogP contribution < -0.4 is 0 Å². The van der Waals surface area contributed by atoms with Crippen molar-refractivity contribution in [3.63, 3.8) is 0 Å². The van der Waals surface area contributed by atoms with Crippen LogP contribution in [0.4, 0.5) is 0 Å². The number of rotatable bonds is 5. The first kappa shape index (κ1) is 10.3. The Hall–Kier alpha value is -0.660. The van der Waals surface area contributed by atoms with Crippen LogP contribution in [-0.4, -0.2) is 37.7 Å². The largest absolute Gasteiger partial charge is 0.287 e. The molecule has 0 aliphatic heterocycles. The minimum atomic E-state index is 0.706. The van der Waals surface area contributed by atoms with Gasteiger partial charge in [-0.3, -0.25) is 4.90 Å². The van der Waals surface area contributed by atoms with Crippen molar-refractivity contribution < 1.29 is 0 Å². The Morgan fingerprint density at radius 1 is 1.27 bits per heavy atom. The van der Waals surface area contributed by atoms with Crippen molar-refractivity contribution in [1.82, 2.24) is 4.90 Å². The molecule has 0 heterocycles. The van der Waals surface area contributed by atoms with Gasteiger partial charge in [0.15, 0.2) is 0 Å². The normalized spacial score (nSPS) is 9.45. The molecule has 0 amide bonds. The zero-order valence-electron chi connectivity index (χ0n) is 7.67. The molecule has 3 heteroatoms. The van der Waals surface area contributed by atoms with Gasteiger partial charge in [0.2, 0.25) is 0 Å². The Bertz CT molecular complexity index is 136. The molecule has 3 nitrogen and oxygen atoms in total. The minimum Gasteiger partial charge on any atom is -0.287 e. The SMILES string of the molecule is CCCN(C)CN=C=NCC. The first-order chi connectivity index (χ1) is 5.31. The van der Waals surface area contributed by atoms with Crippen LogP contribution in [0.5, 0.6) is 0 Å². The molecule has 0 bridgehead atoms. The van der Waals surface area contributed by atoms with E-state index in [0.29, 0.717) is 6.67 Å². The molecule has 64 valence electrons. The smallest absolute Gasteiger partial charge is 0.102 e. The second-order valence-corrected chi connectivity index (χ2v) is 2.45. The quantitative estimate of drug-likeness (QED) is 0.553.